The molecule has 0 spiro atoms. The fourth-order valence-electron chi connectivity index (χ4n) is 2.91. The lowest BCUT2D eigenvalue weighted by Crippen LogP contribution is -2.29. The first-order valence-electron chi connectivity index (χ1n) is 7.97. The number of aromatic nitrogens is 2. The Morgan fingerprint density at radius 3 is 2.79 bits per heavy atom. The van der Waals surface area contributed by atoms with Gasteiger partial charge in [0, 0.05) is 25.6 Å². The molecule has 0 bridgehead atoms. The summed E-state index contributed by atoms with van der Waals surface area (Å²) in [6.45, 7) is 3.68. The Hall–Kier alpha value is -2.51. The predicted octanol–water partition coefficient (Wildman–Crippen LogP) is 0.602. The number of nitrogens with one attached hydrogen (secondary N) is 1. The lowest BCUT2D eigenvalue weighted by Gasteiger charge is -2.23. The van der Waals surface area contributed by atoms with Crippen molar-refractivity contribution < 1.29 is 19.5 Å². The first-order chi connectivity index (χ1) is 11.4. The van der Waals surface area contributed by atoms with Gasteiger partial charge in [-0.25, -0.2) is 9.97 Å². The lowest BCUT2D eigenvalue weighted by atomic mass is 10.1. The van der Waals surface area contributed by atoms with Gasteiger partial charge in [-0.1, -0.05) is 0 Å². The Morgan fingerprint density at radius 2 is 2.12 bits per heavy atom. The summed E-state index contributed by atoms with van der Waals surface area (Å²) in [5, 5.41) is 10.9. The molecule has 2 N–H and O–H groups in total. The van der Waals surface area contributed by atoms with E-state index in [0.29, 0.717) is 12.2 Å². The number of aryl methyl sites for hydroxylation is 2. The van der Waals surface area contributed by atoms with Crippen LogP contribution in [0, 0.1) is 6.92 Å². The van der Waals surface area contributed by atoms with Gasteiger partial charge in [0.05, 0.1) is 11.7 Å². The van der Waals surface area contributed by atoms with Gasteiger partial charge in [-0.2, -0.15) is 0 Å². The van der Waals surface area contributed by atoms with E-state index in [-0.39, 0.29) is 30.8 Å². The van der Waals surface area contributed by atoms with Crippen LogP contribution >= 0.6 is 0 Å². The van der Waals surface area contributed by atoms with Gasteiger partial charge in [-0.05, 0) is 32.3 Å². The largest absolute Gasteiger partial charge is 0.480 e. The molecule has 2 heterocycles. The summed E-state index contributed by atoms with van der Waals surface area (Å²) in [6.07, 6.45) is 2.37. The number of likely N-dealkylation sites (tertiary alicyclic amines) is 1. The van der Waals surface area contributed by atoms with Gasteiger partial charge in [0.2, 0.25) is 11.8 Å². The third-order valence-electron chi connectivity index (χ3n) is 3.95. The van der Waals surface area contributed by atoms with E-state index in [9.17, 15) is 14.4 Å². The highest BCUT2D eigenvalue weighted by Gasteiger charge is 2.29. The van der Waals surface area contributed by atoms with E-state index in [0.717, 1.165) is 30.8 Å². The molecule has 1 aliphatic rings. The summed E-state index contributed by atoms with van der Waals surface area (Å²) >= 11 is 0. The summed E-state index contributed by atoms with van der Waals surface area (Å²) in [4.78, 5) is 44.4. The minimum Gasteiger partial charge on any atom is -0.480 e. The van der Waals surface area contributed by atoms with Crippen LogP contribution in [0.5, 0.6) is 0 Å². The van der Waals surface area contributed by atoms with Crippen LogP contribution in [0.15, 0.2) is 6.07 Å². The van der Waals surface area contributed by atoms with Crippen molar-refractivity contribution in [3.63, 3.8) is 0 Å². The van der Waals surface area contributed by atoms with Crippen LogP contribution in [0.25, 0.3) is 0 Å². The normalized spacial score (nSPS) is 16.9. The molecule has 0 aliphatic carbocycles. The van der Waals surface area contributed by atoms with Crippen LogP contribution in [0.1, 0.15) is 49.4 Å². The summed E-state index contributed by atoms with van der Waals surface area (Å²) in [6, 6.07) is 1.80. The van der Waals surface area contributed by atoms with Gasteiger partial charge in [-0.3, -0.25) is 14.4 Å². The quantitative estimate of drug-likeness (QED) is 0.788. The molecule has 1 aromatic rings. The number of hydrogen-bond donors (Lipinski definition) is 2. The zero-order chi connectivity index (χ0) is 17.7. The van der Waals surface area contributed by atoms with Crippen molar-refractivity contribution in [2.24, 2.45) is 0 Å². The van der Waals surface area contributed by atoms with E-state index >= 15 is 0 Å². The van der Waals surface area contributed by atoms with E-state index in [1.807, 2.05) is 11.0 Å². The molecule has 0 aromatic carbocycles. The molecule has 1 saturated heterocycles. The fraction of sp³-hybridized carbons (Fsp3) is 0.562. The van der Waals surface area contributed by atoms with Crippen molar-refractivity contribution >= 4 is 17.8 Å². The number of nitrogens with zero attached hydrogens (tertiary/aromatic N) is 3. The summed E-state index contributed by atoms with van der Waals surface area (Å²) < 4.78 is 0. The molecule has 0 radical (unpaired) electrons. The minimum absolute atomic E-state index is 0.0309. The van der Waals surface area contributed by atoms with Crippen LogP contribution in [-0.2, 0) is 20.8 Å². The second kappa shape index (κ2) is 7.85. The lowest BCUT2D eigenvalue weighted by molar-refractivity contribution is -0.138. The summed E-state index contributed by atoms with van der Waals surface area (Å²) in [5.41, 5.74) is 1.52. The number of carbonyl (C=O) groups is 3. The van der Waals surface area contributed by atoms with E-state index in [1.54, 1.807) is 13.8 Å². The molecule has 0 saturated carbocycles. The molecule has 2 amide bonds. The number of hydrogen-bond acceptors (Lipinski definition) is 5. The van der Waals surface area contributed by atoms with Crippen molar-refractivity contribution in [2.45, 2.75) is 45.6 Å². The van der Waals surface area contributed by atoms with E-state index in [2.05, 4.69) is 15.3 Å². The maximum absolute atomic E-state index is 11.7. The summed E-state index contributed by atoms with van der Waals surface area (Å²) in [5.74, 6) is -0.775. The summed E-state index contributed by atoms with van der Waals surface area (Å²) in [7, 11) is 0. The predicted molar refractivity (Wildman–Crippen MR) is 85.1 cm³/mol. The molecule has 24 heavy (non-hydrogen) atoms. The fourth-order valence-corrected chi connectivity index (χ4v) is 2.91. The number of rotatable bonds is 6. The molecule has 2 rings (SSSR count). The molecule has 1 aliphatic heterocycles. The van der Waals surface area contributed by atoms with Crippen molar-refractivity contribution in [3.05, 3.63) is 23.3 Å². The number of carboxylic acids is 1. The van der Waals surface area contributed by atoms with Gasteiger partial charge in [0.1, 0.15) is 12.4 Å². The minimum atomic E-state index is -1.07. The zero-order valence-electron chi connectivity index (χ0n) is 13.9. The van der Waals surface area contributed by atoms with Crippen molar-refractivity contribution in [3.8, 4) is 0 Å². The third kappa shape index (κ3) is 4.74. The van der Waals surface area contributed by atoms with Crippen LogP contribution in [0.3, 0.4) is 0 Å². The highest BCUT2D eigenvalue weighted by molar-refractivity contribution is 5.81. The topological polar surface area (TPSA) is 112 Å². The highest BCUT2D eigenvalue weighted by atomic mass is 16.4. The first kappa shape index (κ1) is 17.8. The number of carbonyl (C=O) groups excluding carboxylic acids is 2. The first-order valence-corrected chi connectivity index (χ1v) is 7.97. The van der Waals surface area contributed by atoms with E-state index < -0.39 is 5.97 Å². The Morgan fingerprint density at radius 1 is 1.38 bits per heavy atom. The van der Waals surface area contributed by atoms with Crippen molar-refractivity contribution in [1.82, 2.24) is 20.2 Å². The molecule has 8 nitrogen and oxygen atoms in total. The van der Waals surface area contributed by atoms with Gasteiger partial charge in [0.15, 0.2) is 0 Å². The Bertz CT molecular complexity index is 647. The van der Waals surface area contributed by atoms with Crippen LogP contribution in [0.4, 0.5) is 0 Å². The number of aliphatic carboxylic acids is 1. The number of amides is 2. The highest BCUT2D eigenvalue weighted by Crippen LogP contribution is 2.31. The maximum Gasteiger partial charge on any atom is 0.322 e. The standard InChI is InChI=1S/C16H22N4O4/c1-10-18-12(5-6-15(22)17-9-16(23)24)8-13(19-10)14-4-3-7-20(14)11(2)21/h8,14H,3-7,9H2,1-2H3,(H,17,22)(H,23,24). The van der Waals surface area contributed by atoms with Crippen LogP contribution < -0.4 is 5.32 Å². The zero-order valence-corrected chi connectivity index (χ0v) is 13.9. The SMILES string of the molecule is CC(=O)N1CCCC1c1cc(CCC(=O)NCC(=O)O)nc(C)n1. The molecule has 8 heteroatoms. The Kier molecular flexibility index (Phi) is 5.83. The van der Waals surface area contributed by atoms with Gasteiger partial charge in [-0.15, -0.1) is 0 Å². The van der Waals surface area contributed by atoms with Crippen LogP contribution in [0.2, 0.25) is 0 Å². The van der Waals surface area contributed by atoms with E-state index in [1.165, 1.54) is 0 Å². The maximum atomic E-state index is 11.7. The third-order valence-corrected chi connectivity index (χ3v) is 3.95. The monoisotopic (exact) mass is 334 g/mol. The average Bonchev–Trinajstić information content (AvgIpc) is 3.00. The Balaban J connectivity index is 2.04. The number of carboxylic acid groups (broad SMARTS) is 1. The molecule has 130 valence electrons. The second-order valence-electron chi connectivity index (χ2n) is 5.87. The van der Waals surface area contributed by atoms with Crippen molar-refractivity contribution in [1.29, 1.82) is 0 Å². The molecule has 1 atom stereocenters. The molecule has 1 unspecified atom stereocenters. The van der Waals surface area contributed by atoms with E-state index in [4.69, 9.17) is 5.11 Å². The molecule has 1 aromatic heterocycles. The van der Waals surface area contributed by atoms with Crippen LogP contribution in [-0.4, -0.2) is 50.8 Å². The second-order valence-corrected chi connectivity index (χ2v) is 5.87. The smallest absolute Gasteiger partial charge is 0.322 e. The van der Waals surface area contributed by atoms with Gasteiger partial charge < -0.3 is 15.3 Å². The Labute approximate surface area is 140 Å². The van der Waals surface area contributed by atoms with Gasteiger partial charge in [0.25, 0.3) is 0 Å². The van der Waals surface area contributed by atoms with Gasteiger partial charge >= 0.3 is 5.97 Å². The molecular weight excluding hydrogens is 312 g/mol. The molecule has 1 fully saturated rings. The average molecular weight is 334 g/mol. The van der Waals surface area contributed by atoms with Crippen molar-refractivity contribution in [2.75, 3.05) is 13.1 Å². The molecular formula is C16H22N4O4.